The molecule has 0 N–H and O–H groups in total. The summed E-state index contributed by atoms with van der Waals surface area (Å²) in [5.41, 5.74) is 0. The first-order valence-corrected chi connectivity index (χ1v) is 4.98. The van der Waals surface area contributed by atoms with Gasteiger partial charge in [0.25, 0.3) is 0 Å². The van der Waals surface area contributed by atoms with Gasteiger partial charge in [0, 0.05) is 12.6 Å². The van der Waals surface area contributed by atoms with Gasteiger partial charge in [0.05, 0.1) is 7.11 Å². The molecule has 0 aromatic carbocycles. The summed E-state index contributed by atoms with van der Waals surface area (Å²) in [7, 11) is 1.43. The number of nitrogens with zero attached hydrogens (tertiary/aromatic N) is 1. The molecule has 78 valence electrons. The second-order valence-electron chi connectivity index (χ2n) is 3.46. The molecule has 0 fully saturated rings. The van der Waals surface area contributed by atoms with Crippen LogP contribution < -0.4 is 0 Å². The number of carbonyl (C=O) groups excluding carboxylic acids is 1. The van der Waals surface area contributed by atoms with Crippen LogP contribution in [-0.2, 0) is 4.74 Å². The molecule has 0 heterocycles. The highest BCUT2D eigenvalue weighted by atomic mass is 16.5. The molecule has 0 radical (unpaired) electrons. The van der Waals surface area contributed by atoms with Gasteiger partial charge in [-0.2, -0.15) is 0 Å². The zero-order chi connectivity index (χ0) is 10.3. The minimum Gasteiger partial charge on any atom is -0.453 e. The molecule has 3 nitrogen and oxygen atoms in total. The Bertz CT molecular complexity index is 146. The fraction of sp³-hybridized carbons (Fsp3) is 0.900. The zero-order valence-electron chi connectivity index (χ0n) is 9.17. The van der Waals surface area contributed by atoms with Gasteiger partial charge in [-0.25, -0.2) is 4.79 Å². The number of amides is 1. The third-order valence-corrected chi connectivity index (χ3v) is 2.04. The van der Waals surface area contributed by atoms with Crippen molar-refractivity contribution in [2.75, 3.05) is 13.7 Å². The van der Waals surface area contributed by atoms with Crippen molar-refractivity contribution in [1.29, 1.82) is 0 Å². The summed E-state index contributed by atoms with van der Waals surface area (Å²) in [4.78, 5) is 13.0. The topological polar surface area (TPSA) is 29.5 Å². The number of unbranched alkanes of at least 4 members (excludes halogenated alkanes) is 2. The standard InChI is InChI=1S/C10H21NO2/c1-5-6-7-8-11(9(2)3)10(12)13-4/h9H,5-8H2,1-4H3. The minimum absolute atomic E-state index is 0.217. The van der Waals surface area contributed by atoms with Crippen LogP contribution in [0, 0.1) is 0 Å². The monoisotopic (exact) mass is 187 g/mol. The Kier molecular flexibility index (Phi) is 6.37. The normalized spacial score (nSPS) is 10.2. The van der Waals surface area contributed by atoms with Gasteiger partial charge in [-0.1, -0.05) is 19.8 Å². The Morgan fingerprint density at radius 2 is 2.00 bits per heavy atom. The average Bonchev–Trinajstić information content (AvgIpc) is 2.11. The van der Waals surface area contributed by atoms with Gasteiger partial charge in [0.1, 0.15) is 0 Å². The van der Waals surface area contributed by atoms with E-state index in [1.54, 1.807) is 4.90 Å². The van der Waals surface area contributed by atoms with Crippen LogP contribution in [0.1, 0.15) is 40.0 Å². The van der Waals surface area contributed by atoms with Crippen molar-refractivity contribution in [3.63, 3.8) is 0 Å². The summed E-state index contributed by atoms with van der Waals surface area (Å²) in [5, 5.41) is 0. The molecule has 13 heavy (non-hydrogen) atoms. The van der Waals surface area contributed by atoms with Gasteiger partial charge < -0.3 is 9.64 Å². The molecule has 0 bridgehead atoms. The Morgan fingerprint density at radius 1 is 1.38 bits per heavy atom. The van der Waals surface area contributed by atoms with E-state index < -0.39 is 0 Å². The van der Waals surface area contributed by atoms with Gasteiger partial charge in [-0.3, -0.25) is 0 Å². The van der Waals surface area contributed by atoms with Crippen molar-refractivity contribution in [2.45, 2.75) is 46.1 Å². The van der Waals surface area contributed by atoms with E-state index in [4.69, 9.17) is 4.74 Å². The lowest BCUT2D eigenvalue weighted by molar-refractivity contribution is 0.110. The lowest BCUT2D eigenvalue weighted by Crippen LogP contribution is -2.37. The first kappa shape index (κ1) is 12.3. The molecule has 0 rings (SSSR count). The van der Waals surface area contributed by atoms with Gasteiger partial charge in [-0.15, -0.1) is 0 Å². The van der Waals surface area contributed by atoms with E-state index >= 15 is 0 Å². The van der Waals surface area contributed by atoms with E-state index in [2.05, 4.69) is 6.92 Å². The van der Waals surface area contributed by atoms with Crippen LogP contribution in [0.4, 0.5) is 4.79 Å². The van der Waals surface area contributed by atoms with Crippen molar-refractivity contribution in [3.05, 3.63) is 0 Å². The Hall–Kier alpha value is -0.730. The second-order valence-corrected chi connectivity index (χ2v) is 3.46. The quantitative estimate of drug-likeness (QED) is 0.619. The Labute approximate surface area is 81.1 Å². The summed E-state index contributed by atoms with van der Waals surface area (Å²) in [5.74, 6) is 0. The van der Waals surface area contributed by atoms with Crippen LogP contribution in [0.15, 0.2) is 0 Å². The van der Waals surface area contributed by atoms with E-state index in [1.807, 2.05) is 13.8 Å². The summed E-state index contributed by atoms with van der Waals surface area (Å²) in [6.07, 6.45) is 3.18. The smallest absolute Gasteiger partial charge is 0.409 e. The van der Waals surface area contributed by atoms with Crippen LogP contribution in [0.25, 0.3) is 0 Å². The molecule has 0 aliphatic heterocycles. The molecule has 0 unspecified atom stereocenters. The van der Waals surface area contributed by atoms with Gasteiger partial charge in [-0.05, 0) is 20.3 Å². The lowest BCUT2D eigenvalue weighted by Gasteiger charge is -2.24. The van der Waals surface area contributed by atoms with Crippen LogP contribution in [0.2, 0.25) is 0 Å². The molecule has 1 amide bonds. The second kappa shape index (κ2) is 6.75. The van der Waals surface area contributed by atoms with Crippen molar-refractivity contribution < 1.29 is 9.53 Å². The highest BCUT2D eigenvalue weighted by Gasteiger charge is 2.15. The fourth-order valence-corrected chi connectivity index (χ4v) is 1.21. The van der Waals surface area contributed by atoms with Crippen molar-refractivity contribution in [2.24, 2.45) is 0 Å². The highest BCUT2D eigenvalue weighted by molar-refractivity contribution is 5.67. The number of hydrogen-bond donors (Lipinski definition) is 0. The summed E-state index contributed by atoms with van der Waals surface area (Å²) in [6, 6.07) is 0.226. The summed E-state index contributed by atoms with van der Waals surface area (Å²) >= 11 is 0. The number of hydrogen-bond acceptors (Lipinski definition) is 2. The van der Waals surface area contributed by atoms with E-state index in [0.29, 0.717) is 0 Å². The number of carbonyl (C=O) groups is 1. The van der Waals surface area contributed by atoms with Gasteiger partial charge in [0.15, 0.2) is 0 Å². The summed E-state index contributed by atoms with van der Waals surface area (Å²) in [6.45, 7) is 6.96. The molecule has 0 aliphatic carbocycles. The van der Waals surface area contributed by atoms with Crippen LogP contribution in [0.3, 0.4) is 0 Å². The van der Waals surface area contributed by atoms with Crippen molar-refractivity contribution in [3.8, 4) is 0 Å². The summed E-state index contributed by atoms with van der Waals surface area (Å²) < 4.78 is 4.69. The first-order chi connectivity index (χ1) is 6.13. The van der Waals surface area contributed by atoms with E-state index in [9.17, 15) is 4.79 Å². The number of rotatable bonds is 5. The highest BCUT2D eigenvalue weighted by Crippen LogP contribution is 2.04. The Balaban J connectivity index is 3.88. The predicted molar refractivity (Wildman–Crippen MR) is 53.8 cm³/mol. The third-order valence-electron chi connectivity index (χ3n) is 2.04. The van der Waals surface area contributed by atoms with E-state index in [-0.39, 0.29) is 12.1 Å². The average molecular weight is 187 g/mol. The molecule has 0 atom stereocenters. The number of methoxy groups -OCH3 is 1. The maximum absolute atomic E-state index is 11.3. The zero-order valence-corrected chi connectivity index (χ0v) is 9.17. The lowest BCUT2D eigenvalue weighted by atomic mass is 10.2. The third kappa shape index (κ3) is 4.76. The van der Waals surface area contributed by atoms with E-state index in [1.165, 1.54) is 20.0 Å². The van der Waals surface area contributed by atoms with E-state index in [0.717, 1.165) is 13.0 Å². The minimum atomic E-state index is -0.217. The molecular formula is C10H21NO2. The molecule has 0 aliphatic rings. The van der Waals surface area contributed by atoms with Crippen LogP contribution >= 0.6 is 0 Å². The van der Waals surface area contributed by atoms with Crippen LogP contribution in [-0.4, -0.2) is 30.7 Å². The molecule has 0 aromatic rings. The molecule has 0 saturated heterocycles. The largest absolute Gasteiger partial charge is 0.453 e. The SMILES string of the molecule is CCCCCN(C(=O)OC)C(C)C. The molecular weight excluding hydrogens is 166 g/mol. The maximum atomic E-state index is 11.3. The predicted octanol–water partition coefficient (Wildman–Crippen LogP) is 2.65. The van der Waals surface area contributed by atoms with Gasteiger partial charge >= 0.3 is 6.09 Å². The van der Waals surface area contributed by atoms with Crippen molar-refractivity contribution in [1.82, 2.24) is 4.90 Å². The first-order valence-electron chi connectivity index (χ1n) is 4.98. The van der Waals surface area contributed by atoms with Gasteiger partial charge in [0.2, 0.25) is 0 Å². The maximum Gasteiger partial charge on any atom is 0.409 e. The van der Waals surface area contributed by atoms with Crippen molar-refractivity contribution >= 4 is 6.09 Å². The Morgan fingerprint density at radius 3 is 2.38 bits per heavy atom. The fourth-order valence-electron chi connectivity index (χ4n) is 1.21. The van der Waals surface area contributed by atoms with Crippen LogP contribution in [0.5, 0.6) is 0 Å². The molecule has 0 saturated carbocycles. The molecule has 0 aromatic heterocycles. The molecule has 3 heteroatoms. The number of ether oxygens (including phenoxy) is 1. The molecule has 0 spiro atoms.